The molecule has 19 heavy (non-hydrogen) atoms. The minimum Gasteiger partial charge on any atom is -0.479 e. The summed E-state index contributed by atoms with van der Waals surface area (Å²) in [6.07, 6.45) is -4.64. The first kappa shape index (κ1) is 15.8. The van der Waals surface area contributed by atoms with Gasteiger partial charge in [0.25, 0.3) is 0 Å². The number of rotatable bonds is 5. The van der Waals surface area contributed by atoms with Crippen LogP contribution in [-0.4, -0.2) is 69.4 Å². The van der Waals surface area contributed by atoms with E-state index in [0.29, 0.717) is 6.42 Å². The van der Waals surface area contributed by atoms with Crippen molar-refractivity contribution in [3.05, 3.63) is 0 Å². The van der Waals surface area contributed by atoms with E-state index in [1.165, 1.54) is 6.92 Å². The van der Waals surface area contributed by atoms with Crippen molar-refractivity contribution >= 4 is 11.9 Å². The largest absolute Gasteiger partial charge is 0.479 e. The van der Waals surface area contributed by atoms with Crippen molar-refractivity contribution in [2.45, 2.75) is 50.2 Å². The number of aliphatic carboxylic acids is 1. The first-order valence-corrected chi connectivity index (χ1v) is 5.99. The van der Waals surface area contributed by atoms with Crippen LogP contribution in [0.1, 0.15) is 19.8 Å². The van der Waals surface area contributed by atoms with E-state index in [1.54, 1.807) is 0 Å². The van der Waals surface area contributed by atoms with Crippen molar-refractivity contribution in [3.8, 4) is 0 Å². The molecular formula is C11H19NO7. The van der Waals surface area contributed by atoms with Gasteiger partial charge in [0.1, 0.15) is 18.3 Å². The SMILES string of the molecule is CC(=O)NC1CCC(C(=O)O)OC1[C@H](O)[C@H](O)CO. The molecule has 1 aliphatic heterocycles. The van der Waals surface area contributed by atoms with Crippen molar-refractivity contribution < 1.29 is 34.8 Å². The third-order valence-electron chi connectivity index (χ3n) is 3.04. The standard InChI is InChI=1S/C11H19NO7/c1-5(14)12-6-2-3-8(11(17)18)19-10(6)9(16)7(15)4-13/h6-10,13,15-16H,2-4H2,1H3,(H,12,14)(H,17,18)/t6?,7-,8?,9-,10?/m1/s1. The van der Waals surface area contributed by atoms with Gasteiger partial charge in [-0.05, 0) is 12.8 Å². The quantitative estimate of drug-likeness (QED) is 0.386. The number of carboxylic acids is 1. The summed E-state index contributed by atoms with van der Waals surface area (Å²) < 4.78 is 5.21. The normalized spacial score (nSPS) is 30.4. The summed E-state index contributed by atoms with van der Waals surface area (Å²) in [4.78, 5) is 21.9. The van der Waals surface area contributed by atoms with Crippen molar-refractivity contribution in [3.63, 3.8) is 0 Å². The molecule has 1 saturated heterocycles. The minimum atomic E-state index is -1.48. The maximum Gasteiger partial charge on any atom is 0.332 e. The molecule has 1 fully saturated rings. The Hall–Kier alpha value is -1.22. The van der Waals surface area contributed by atoms with E-state index in [9.17, 15) is 19.8 Å². The molecule has 0 spiro atoms. The van der Waals surface area contributed by atoms with Gasteiger partial charge in [-0.1, -0.05) is 0 Å². The van der Waals surface area contributed by atoms with Gasteiger partial charge < -0.3 is 30.5 Å². The van der Waals surface area contributed by atoms with E-state index in [1.807, 2.05) is 0 Å². The van der Waals surface area contributed by atoms with Crippen molar-refractivity contribution in [1.82, 2.24) is 5.32 Å². The summed E-state index contributed by atoms with van der Waals surface area (Å²) in [6, 6.07) is -0.607. The molecule has 0 aliphatic carbocycles. The summed E-state index contributed by atoms with van der Waals surface area (Å²) in [7, 11) is 0. The molecule has 110 valence electrons. The Morgan fingerprint density at radius 3 is 2.47 bits per heavy atom. The summed E-state index contributed by atoms with van der Waals surface area (Å²) in [5, 5.41) is 39.5. The van der Waals surface area contributed by atoms with E-state index in [0.717, 1.165) is 0 Å². The van der Waals surface area contributed by atoms with Crippen LogP contribution in [0.3, 0.4) is 0 Å². The van der Waals surface area contributed by atoms with Gasteiger partial charge in [0.05, 0.1) is 12.6 Å². The molecule has 0 saturated carbocycles. The van der Waals surface area contributed by atoms with E-state index in [4.69, 9.17) is 14.9 Å². The first-order chi connectivity index (χ1) is 8.86. The van der Waals surface area contributed by atoms with Gasteiger partial charge in [-0.2, -0.15) is 0 Å². The van der Waals surface area contributed by atoms with Crippen LogP contribution in [0.4, 0.5) is 0 Å². The van der Waals surface area contributed by atoms with Gasteiger partial charge in [-0.25, -0.2) is 4.79 Å². The van der Waals surface area contributed by atoms with Crippen LogP contribution >= 0.6 is 0 Å². The number of hydrogen-bond acceptors (Lipinski definition) is 6. The van der Waals surface area contributed by atoms with E-state index >= 15 is 0 Å². The Kier molecular flexibility index (Phi) is 5.67. The zero-order valence-electron chi connectivity index (χ0n) is 10.5. The number of carbonyl (C=O) groups is 2. The number of ether oxygens (including phenoxy) is 1. The number of hydrogen-bond donors (Lipinski definition) is 5. The zero-order valence-corrected chi connectivity index (χ0v) is 10.5. The molecule has 1 aliphatic rings. The topological polar surface area (TPSA) is 136 Å². The van der Waals surface area contributed by atoms with Gasteiger partial charge in [0.15, 0.2) is 6.10 Å². The number of nitrogens with one attached hydrogen (secondary N) is 1. The molecule has 8 heteroatoms. The second-order valence-electron chi connectivity index (χ2n) is 4.55. The maximum absolute atomic E-state index is 11.1. The van der Waals surface area contributed by atoms with Crippen molar-refractivity contribution in [1.29, 1.82) is 0 Å². The number of amides is 1. The molecule has 1 heterocycles. The van der Waals surface area contributed by atoms with Crippen molar-refractivity contribution in [2.75, 3.05) is 6.61 Å². The molecule has 0 aromatic carbocycles. The molecule has 1 amide bonds. The van der Waals surface area contributed by atoms with Gasteiger partial charge in [-0.15, -0.1) is 0 Å². The van der Waals surface area contributed by atoms with Crippen LogP contribution in [0.15, 0.2) is 0 Å². The van der Waals surface area contributed by atoms with Crippen LogP contribution in [0.5, 0.6) is 0 Å². The lowest BCUT2D eigenvalue weighted by molar-refractivity contribution is -0.180. The highest BCUT2D eigenvalue weighted by atomic mass is 16.5. The van der Waals surface area contributed by atoms with Crippen LogP contribution in [0, 0.1) is 0 Å². The number of aliphatic hydroxyl groups excluding tert-OH is 3. The Balaban J connectivity index is 2.81. The average Bonchev–Trinajstić information content (AvgIpc) is 2.36. The average molecular weight is 277 g/mol. The Labute approximate surface area is 110 Å². The molecule has 1 rings (SSSR count). The lowest BCUT2D eigenvalue weighted by Gasteiger charge is -2.38. The highest BCUT2D eigenvalue weighted by Gasteiger charge is 2.41. The predicted octanol–water partition coefficient (Wildman–Crippen LogP) is -2.16. The third-order valence-corrected chi connectivity index (χ3v) is 3.04. The Morgan fingerprint density at radius 1 is 1.37 bits per heavy atom. The fraction of sp³-hybridized carbons (Fsp3) is 0.818. The van der Waals surface area contributed by atoms with Crippen LogP contribution in [0.25, 0.3) is 0 Å². The fourth-order valence-corrected chi connectivity index (χ4v) is 2.09. The van der Waals surface area contributed by atoms with E-state index < -0.39 is 43.0 Å². The summed E-state index contributed by atoms with van der Waals surface area (Å²) in [5.74, 6) is -1.52. The number of carbonyl (C=O) groups excluding carboxylic acids is 1. The van der Waals surface area contributed by atoms with Gasteiger partial charge in [0, 0.05) is 6.92 Å². The molecular weight excluding hydrogens is 258 g/mol. The molecule has 0 aromatic rings. The predicted molar refractivity (Wildman–Crippen MR) is 62.2 cm³/mol. The molecule has 0 bridgehead atoms. The highest BCUT2D eigenvalue weighted by molar-refractivity contribution is 5.74. The monoisotopic (exact) mass is 277 g/mol. The summed E-state index contributed by atoms with van der Waals surface area (Å²) in [5.41, 5.74) is 0. The lowest BCUT2D eigenvalue weighted by Crippen LogP contribution is -2.58. The second-order valence-corrected chi connectivity index (χ2v) is 4.55. The molecule has 0 aromatic heterocycles. The third kappa shape index (κ3) is 4.13. The Bertz CT molecular complexity index is 335. The minimum absolute atomic E-state index is 0.193. The zero-order chi connectivity index (χ0) is 14.6. The first-order valence-electron chi connectivity index (χ1n) is 5.99. The Morgan fingerprint density at radius 2 is 2.00 bits per heavy atom. The van der Waals surface area contributed by atoms with Crippen molar-refractivity contribution in [2.24, 2.45) is 0 Å². The van der Waals surface area contributed by atoms with Crippen LogP contribution < -0.4 is 5.32 Å². The molecule has 3 unspecified atom stereocenters. The molecule has 0 radical (unpaired) electrons. The van der Waals surface area contributed by atoms with Gasteiger partial charge in [-0.3, -0.25) is 4.79 Å². The van der Waals surface area contributed by atoms with Crippen LogP contribution in [-0.2, 0) is 14.3 Å². The van der Waals surface area contributed by atoms with Crippen LogP contribution in [0.2, 0.25) is 0 Å². The lowest BCUT2D eigenvalue weighted by atomic mass is 9.92. The number of aliphatic hydroxyl groups is 3. The molecule has 5 N–H and O–H groups in total. The number of carboxylic acid groups (broad SMARTS) is 1. The fourth-order valence-electron chi connectivity index (χ4n) is 2.09. The van der Waals surface area contributed by atoms with Gasteiger partial charge >= 0.3 is 5.97 Å². The highest BCUT2D eigenvalue weighted by Crippen LogP contribution is 2.23. The van der Waals surface area contributed by atoms with Gasteiger partial charge in [0.2, 0.25) is 5.91 Å². The van der Waals surface area contributed by atoms with E-state index in [2.05, 4.69) is 5.32 Å². The van der Waals surface area contributed by atoms with E-state index in [-0.39, 0.29) is 12.3 Å². The summed E-state index contributed by atoms with van der Waals surface area (Å²) in [6.45, 7) is 0.598. The molecule has 8 nitrogen and oxygen atoms in total. The molecule has 5 atom stereocenters. The smallest absolute Gasteiger partial charge is 0.332 e. The maximum atomic E-state index is 11.1. The second kappa shape index (κ2) is 6.80. The summed E-state index contributed by atoms with van der Waals surface area (Å²) >= 11 is 0.